The van der Waals surface area contributed by atoms with Crippen LogP contribution in [0.1, 0.15) is 5.56 Å². The first-order valence-corrected chi connectivity index (χ1v) is 11.1. The average molecular weight is 447 g/mol. The van der Waals surface area contributed by atoms with E-state index in [1.807, 2.05) is 91.1 Å². The van der Waals surface area contributed by atoms with Gasteiger partial charge in [0.1, 0.15) is 5.82 Å². The Balaban J connectivity index is 1.35. The molecule has 4 aromatic carbocycles. The first-order valence-electron chi connectivity index (χ1n) is 10.7. The number of rotatable bonds is 4. The van der Waals surface area contributed by atoms with Crippen molar-refractivity contribution in [3.63, 3.8) is 0 Å². The third kappa shape index (κ3) is 3.71. The molecule has 2 heterocycles. The quantitative estimate of drug-likeness (QED) is 0.267. The molecule has 0 atom stereocenters. The molecule has 0 bridgehead atoms. The van der Waals surface area contributed by atoms with Crippen LogP contribution < -0.4 is 0 Å². The van der Waals surface area contributed by atoms with Crippen molar-refractivity contribution in [1.29, 1.82) is 0 Å². The zero-order valence-electron chi connectivity index (χ0n) is 17.6. The van der Waals surface area contributed by atoms with Gasteiger partial charge in [-0.25, -0.2) is 4.98 Å². The summed E-state index contributed by atoms with van der Waals surface area (Å²) in [7, 11) is 0. The molecule has 0 fully saturated rings. The maximum atomic E-state index is 6.10. The number of halogens is 1. The van der Waals surface area contributed by atoms with E-state index < -0.39 is 0 Å². The Bertz CT molecular complexity index is 1570. The molecule has 0 saturated carbocycles. The maximum absolute atomic E-state index is 6.10. The van der Waals surface area contributed by atoms with Gasteiger partial charge >= 0.3 is 0 Å². The topological polar surface area (TPSA) is 56.8 Å². The minimum atomic E-state index is 0.717. The minimum Gasteiger partial charge on any atom is -0.354 e. The highest BCUT2D eigenvalue weighted by molar-refractivity contribution is 6.30. The van der Waals surface area contributed by atoms with Crippen LogP contribution in [0, 0.1) is 0 Å². The van der Waals surface area contributed by atoms with E-state index in [9.17, 15) is 0 Å². The van der Waals surface area contributed by atoms with Crippen molar-refractivity contribution < 1.29 is 0 Å². The van der Waals surface area contributed by atoms with Crippen LogP contribution in [0.25, 0.3) is 44.6 Å². The van der Waals surface area contributed by atoms with Crippen molar-refractivity contribution in [2.24, 2.45) is 4.99 Å². The molecular formula is C28H19ClN4. The number of aliphatic imine (C=N–C) groups is 1. The summed E-state index contributed by atoms with van der Waals surface area (Å²) in [5, 5.41) is 1.85. The van der Waals surface area contributed by atoms with Gasteiger partial charge in [-0.2, -0.15) is 0 Å². The average Bonchev–Trinajstić information content (AvgIpc) is 3.45. The number of benzene rings is 4. The molecule has 0 unspecified atom stereocenters. The number of aromatic amines is 2. The Morgan fingerprint density at radius 3 is 2.18 bits per heavy atom. The van der Waals surface area contributed by atoms with Crippen LogP contribution >= 0.6 is 11.6 Å². The van der Waals surface area contributed by atoms with Gasteiger partial charge in [0.15, 0.2) is 0 Å². The highest BCUT2D eigenvalue weighted by Crippen LogP contribution is 2.31. The number of nitrogens with one attached hydrogen (secondary N) is 2. The first kappa shape index (κ1) is 19.5. The number of H-pyrrole nitrogens is 2. The van der Waals surface area contributed by atoms with Gasteiger partial charge in [0.25, 0.3) is 0 Å². The Labute approximate surface area is 195 Å². The highest BCUT2D eigenvalue weighted by atomic mass is 35.5. The zero-order valence-corrected chi connectivity index (χ0v) is 18.3. The lowest BCUT2D eigenvalue weighted by Crippen LogP contribution is -1.86. The van der Waals surface area contributed by atoms with Gasteiger partial charge in [-0.15, -0.1) is 0 Å². The molecule has 2 aromatic heterocycles. The summed E-state index contributed by atoms with van der Waals surface area (Å²) in [4.78, 5) is 16.4. The summed E-state index contributed by atoms with van der Waals surface area (Å²) in [6, 6.07) is 32.2. The molecule has 158 valence electrons. The van der Waals surface area contributed by atoms with Crippen LogP contribution in [-0.4, -0.2) is 21.2 Å². The van der Waals surface area contributed by atoms with Crippen LogP contribution in [0.4, 0.5) is 5.69 Å². The van der Waals surface area contributed by atoms with E-state index in [1.165, 1.54) is 0 Å². The van der Waals surface area contributed by atoms with Crippen LogP contribution in [0.3, 0.4) is 0 Å². The summed E-state index contributed by atoms with van der Waals surface area (Å²) in [6.45, 7) is 0. The lowest BCUT2D eigenvalue weighted by molar-refractivity contribution is 1.33. The molecule has 4 nitrogen and oxygen atoms in total. The summed E-state index contributed by atoms with van der Waals surface area (Å²) in [5.41, 5.74) is 8.11. The van der Waals surface area contributed by atoms with E-state index in [2.05, 4.69) is 27.1 Å². The van der Waals surface area contributed by atoms with Crippen LogP contribution in [0.2, 0.25) is 5.02 Å². The molecule has 0 aliphatic carbocycles. The largest absolute Gasteiger partial charge is 0.354 e. The van der Waals surface area contributed by atoms with Crippen LogP contribution in [-0.2, 0) is 0 Å². The molecule has 2 N–H and O–H groups in total. The Kier molecular flexibility index (Phi) is 4.78. The van der Waals surface area contributed by atoms with Crippen molar-refractivity contribution in [3.05, 3.63) is 108 Å². The number of fused-ring (bicyclic) bond motifs is 2. The first-order chi connectivity index (χ1) is 16.2. The fourth-order valence-electron chi connectivity index (χ4n) is 4.08. The normalized spacial score (nSPS) is 11.7. The van der Waals surface area contributed by atoms with Gasteiger partial charge in [0, 0.05) is 33.3 Å². The van der Waals surface area contributed by atoms with Crippen molar-refractivity contribution in [3.8, 4) is 22.6 Å². The molecule has 0 aliphatic rings. The van der Waals surface area contributed by atoms with Gasteiger partial charge in [0.2, 0.25) is 0 Å². The smallest absolute Gasteiger partial charge is 0.138 e. The fourth-order valence-corrected chi connectivity index (χ4v) is 4.20. The predicted octanol–water partition coefficient (Wildman–Crippen LogP) is 7.78. The van der Waals surface area contributed by atoms with E-state index in [0.717, 1.165) is 60.9 Å². The molecule has 6 aromatic rings. The molecule has 6 rings (SSSR count). The molecule has 0 radical (unpaired) electrons. The molecular weight excluding hydrogens is 428 g/mol. The minimum absolute atomic E-state index is 0.717. The number of hydrogen-bond donors (Lipinski definition) is 2. The van der Waals surface area contributed by atoms with E-state index in [-0.39, 0.29) is 0 Å². The van der Waals surface area contributed by atoms with Crippen LogP contribution in [0.5, 0.6) is 0 Å². The summed E-state index contributed by atoms with van der Waals surface area (Å²) in [6.07, 6.45) is 1.93. The maximum Gasteiger partial charge on any atom is 0.138 e. The zero-order chi connectivity index (χ0) is 22.2. The fraction of sp³-hybridized carbons (Fsp3) is 0. The number of nitrogens with zero attached hydrogens (tertiary/aromatic N) is 2. The monoisotopic (exact) mass is 446 g/mol. The number of aromatic nitrogens is 3. The Hall–Kier alpha value is -4.15. The molecule has 0 aliphatic heterocycles. The van der Waals surface area contributed by atoms with Crippen molar-refractivity contribution in [2.75, 3.05) is 0 Å². The van der Waals surface area contributed by atoms with Gasteiger partial charge in [-0.05, 0) is 60.2 Å². The summed E-state index contributed by atoms with van der Waals surface area (Å²) >= 11 is 6.10. The third-order valence-corrected chi connectivity index (χ3v) is 6.00. The van der Waals surface area contributed by atoms with E-state index in [1.54, 1.807) is 0 Å². The molecule has 0 amide bonds. The molecule has 5 heteroatoms. The second-order valence-corrected chi connectivity index (χ2v) is 8.31. The second-order valence-electron chi connectivity index (χ2n) is 7.87. The van der Waals surface area contributed by atoms with E-state index in [4.69, 9.17) is 16.6 Å². The summed E-state index contributed by atoms with van der Waals surface area (Å²) < 4.78 is 0. The third-order valence-electron chi connectivity index (χ3n) is 5.75. The molecule has 0 saturated heterocycles. The number of imidazole rings is 1. The van der Waals surface area contributed by atoms with Gasteiger partial charge in [0.05, 0.1) is 22.4 Å². The number of para-hydroxylation sites is 3. The Morgan fingerprint density at radius 2 is 1.39 bits per heavy atom. The molecule has 0 spiro atoms. The van der Waals surface area contributed by atoms with E-state index >= 15 is 0 Å². The lowest BCUT2D eigenvalue weighted by Gasteiger charge is -2.02. The van der Waals surface area contributed by atoms with Crippen LogP contribution in [0.15, 0.2) is 102 Å². The second kappa shape index (κ2) is 8.08. The van der Waals surface area contributed by atoms with Crippen molar-refractivity contribution in [1.82, 2.24) is 15.0 Å². The predicted molar refractivity (Wildman–Crippen MR) is 138 cm³/mol. The summed E-state index contributed by atoms with van der Waals surface area (Å²) in [5.74, 6) is 0.855. The Morgan fingerprint density at radius 1 is 0.697 bits per heavy atom. The standard InChI is InChI=1S/C28H19ClN4/c29-20-13-9-18(10-14-20)27-23(22-5-1-2-6-24(22)31-27)17-30-21-15-11-19(12-16-21)28-32-25-7-3-4-8-26(25)33-28/h1-17,31H,(H,32,33). The van der Waals surface area contributed by atoms with Gasteiger partial charge in [-0.1, -0.05) is 54.1 Å². The highest BCUT2D eigenvalue weighted by Gasteiger charge is 2.11. The lowest BCUT2D eigenvalue weighted by atomic mass is 10.1. The van der Waals surface area contributed by atoms with Gasteiger partial charge in [-0.3, -0.25) is 4.99 Å². The van der Waals surface area contributed by atoms with E-state index in [0.29, 0.717) is 0 Å². The van der Waals surface area contributed by atoms with Crippen molar-refractivity contribution in [2.45, 2.75) is 0 Å². The SMILES string of the molecule is Clc1ccc(-c2[nH]c3ccccc3c2C=Nc2ccc(-c3nc4ccccc4[nH]3)cc2)cc1. The van der Waals surface area contributed by atoms with Gasteiger partial charge < -0.3 is 9.97 Å². The van der Waals surface area contributed by atoms with Crippen molar-refractivity contribution >= 4 is 45.4 Å². The number of hydrogen-bond acceptors (Lipinski definition) is 2. The molecule has 33 heavy (non-hydrogen) atoms.